The van der Waals surface area contributed by atoms with Crippen molar-refractivity contribution < 1.29 is 0 Å². The van der Waals surface area contributed by atoms with Gasteiger partial charge in [0.1, 0.15) is 0 Å². The lowest BCUT2D eigenvalue weighted by Crippen LogP contribution is -2.13. The van der Waals surface area contributed by atoms with Crippen molar-refractivity contribution >= 4 is 26.8 Å². The molecular weight excluding hydrogens is 314 g/mol. The van der Waals surface area contributed by atoms with Gasteiger partial charge in [-0.1, -0.05) is 12.1 Å². The van der Waals surface area contributed by atoms with Crippen LogP contribution in [0.1, 0.15) is 17.2 Å². The fourth-order valence-electron chi connectivity index (χ4n) is 2.26. The Morgan fingerprint density at radius 1 is 1.15 bits per heavy atom. The van der Waals surface area contributed by atoms with E-state index in [1.165, 1.54) is 0 Å². The summed E-state index contributed by atoms with van der Waals surface area (Å²) in [6, 6.07) is 12.2. The zero-order valence-electron chi connectivity index (χ0n) is 10.8. The van der Waals surface area contributed by atoms with E-state index in [0.29, 0.717) is 0 Å². The van der Waals surface area contributed by atoms with Crippen LogP contribution in [-0.2, 0) is 6.42 Å². The third-order valence-corrected chi connectivity index (χ3v) is 3.71. The number of pyridine rings is 2. The molecule has 0 bridgehead atoms. The molecule has 2 aromatic heterocycles. The van der Waals surface area contributed by atoms with E-state index in [9.17, 15) is 0 Å². The van der Waals surface area contributed by atoms with E-state index in [1.807, 2.05) is 24.4 Å². The van der Waals surface area contributed by atoms with Crippen molar-refractivity contribution in [3.8, 4) is 0 Å². The summed E-state index contributed by atoms with van der Waals surface area (Å²) in [7, 11) is 0. The van der Waals surface area contributed by atoms with Crippen LogP contribution >= 0.6 is 15.9 Å². The zero-order chi connectivity index (χ0) is 13.9. The molecule has 1 unspecified atom stereocenters. The monoisotopic (exact) mass is 327 g/mol. The van der Waals surface area contributed by atoms with Gasteiger partial charge in [0.05, 0.1) is 5.52 Å². The van der Waals surface area contributed by atoms with Crippen LogP contribution in [0.3, 0.4) is 0 Å². The highest BCUT2D eigenvalue weighted by Gasteiger charge is 2.08. The van der Waals surface area contributed by atoms with Crippen molar-refractivity contribution in [3.63, 3.8) is 0 Å². The predicted molar refractivity (Wildman–Crippen MR) is 84.3 cm³/mol. The van der Waals surface area contributed by atoms with Gasteiger partial charge in [-0.2, -0.15) is 0 Å². The molecule has 0 saturated heterocycles. The summed E-state index contributed by atoms with van der Waals surface area (Å²) in [5, 5.41) is 1.12. The van der Waals surface area contributed by atoms with Crippen LogP contribution in [0.5, 0.6) is 0 Å². The standard InChI is InChI=1S/C16H14BrN3/c17-14-6-11(9-19-10-14)7-15(18)12-3-4-16-13(8-12)2-1-5-20-16/h1-6,8-10,15H,7,18H2. The maximum absolute atomic E-state index is 6.30. The first kappa shape index (κ1) is 13.2. The zero-order valence-corrected chi connectivity index (χ0v) is 12.4. The van der Waals surface area contributed by atoms with Gasteiger partial charge in [0.25, 0.3) is 0 Å². The minimum atomic E-state index is -0.0456. The fraction of sp³-hybridized carbons (Fsp3) is 0.125. The van der Waals surface area contributed by atoms with Crippen LogP contribution in [0.15, 0.2) is 59.5 Å². The Balaban J connectivity index is 1.86. The molecule has 3 nitrogen and oxygen atoms in total. The summed E-state index contributed by atoms with van der Waals surface area (Å²) in [6.07, 6.45) is 6.19. The number of halogens is 1. The Hall–Kier alpha value is -1.78. The summed E-state index contributed by atoms with van der Waals surface area (Å²) in [5.74, 6) is 0. The van der Waals surface area contributed by atoms with E-state index >= 15 is 0 Å². The molecule has 0 aliphatic rings. The summed E-state index contributed by atoms with van der Waals surface area (Å²) in [5.41, 5.74) is 9.54. The lowest BCUT2D eigenvalue weighted by molar-refractivity contribution is 0.720. The number of aromatic nitrogens is 2. The quantitative estimate of drug-likeness (QED) is 0.799. The van der Waals surface area contributed by atoms with Crippen LogP contribution < -0.4 is 5.73 Å². The molecule has 3 aromatic rings. The van der Waals surface area contributed by atoms with Crippen LogP contribution in [0.2, 0.25) is 0 Å². The summed E-state index contributed by atoms with van der Waals surface area (Å²) in [6.45, 7) is 0. The first-order chi connectivity index (χ1) is 9.72. The van der Waals surface area contributed by atoms with E-state index in [0.717, 1.165) is 32.9 Å². The molecule has 1 aromatic carbocycles. The van der Waals surface area contributed by atoms with E-state index < -0.39 is 0 Å². The van der Waals surface area contributed by atoms with Crippen molar-refractivity contribution in [1.29, 1.82) is 0 Å². The molecule has 20 heavy (non-hydrogen) atoms. The van der Waals surface area contributed by atoms with Gasteiger partial charge >= 0.3 is 0 Å². The van der Waals surface area contributed by atoms with Crippen LogP contribution in [-0.4, -0.2) is 9.97 Å². The molecular formula is C16H14BrN3. The molecule has 0 saturated carbocycles. The lowest BCUT2D eigenvalue weighted by Gasteiger charge is -2.13. The molecule has 0 amide bonds. The second kappa shape index (κ2) is 5.69. The first-order valence-corrected chi connectivity index (χ1v) is 7.21. The SMILES string of the molecule is NC(Cc1cncc(Br)c1)c1ccc2ncccc2c1. The van der Waals surface area contributed by atoms with Gasteiger partial charge < -0.3 is 5.73 Å². The summed E-state index contributed by atoms with van der Waals surface area (Å²) >= 11 is 3.43. The van der Waals surface area contributed by atoms with Gasteiger partial charge in [-0.25, -0.2) is 0 Å². The van der Waals surface area contributed by atoms with E-state index in [4.69, 9.17) is 5.73 Å². The smallest absolute Gasteiger partial charge is 0.0702 e. The number of rotatable bonds is 3. The molecule has 0 aliphatic heterocycles. The van der Waals surface area contributed by atoms with Gasteiger partial charge in [0.2, 0.25) is 0 Å². The van der Waals surface area contributed by atoms with Crippen LogP contribution in [0.4, 0.5) is 0 Å². The fourth-order valence-corrected chi connectivity index (χ4v) is 2.68. The Labute approximate surface area is 126 Å². The van der Waals surface area contributed by atoms with E-state index in [-0.39, 0.29) is 6.04 Å². The van der Waals surface area contributed by atoms with Crippen molar-refractivity contribution in [2.45, 2.75) is 12.5 Å². The summed E-state index contributed by atoms with van der Waals surface area (Å²) < 4.78 is 0.977. The molecule has 4 heteroatoms. The number of fused-ring (bicyclic) bond motifs is 1. The Bertz CT molecular complexity index is 742. The van der Waals surface area contributed by atoms with Crippen molar-refractivity contribution in [2.75, 3.05) is 0 Å². The topological polar surface area (TPSA) is 51.8 Å². The average Bonchev–Trinajstić information content (AvgIpc) is 2.47. The predicted octanol–water partition coefficient (Wildman–Crippen LogP) is 3.63. The minimum Gasteiger partial charge on any atom is -0.324 e. The summed E-state index contributed by atoms with van der Waals surface area (Å²) in [4.78, 5) is 8.49. The second-order valence-corrected chi connectivity index (χ2v) is 5.69. The van der Waals surface area contributed by atoms with E-state index in [1.54, 1.807) is 12.4 Å². The Kier molecular flexibility index (Phi) is 3.76. The largest absolute Gasteiger partial charge is 0.324 e. The number of hydrogen-bond donors (Lipinski definition) is 1. The number of nitrogens with zero attached hydrogens (tertiary/aromatic N) is 2. The molecule has 2 N–H and O–H groups in total. The highest BCUT2D eigenvalue weighted by Crippen LogP contribution is 2.21. The van der Waals surface area contributed by atoms with Gasteiger partial charge in [0.15, 0.2) is 0 Å². The van der Waals surface area contributed by atoms with Gasteiger partial charge in [-0.05, 0) is 57.7 Å². The maximum Gasteiger partial charge on any atom is 0.0702 e. The number of nitrogens with two attached hydrogens (primary N) is 1. The van der Waals surface area contributed by atoms with E-state index in [2.05, 4.69) is 44.1 Å². The normalized spacial score (nSPS) is 12.5. The molecule has 0 fully saturated rings. The average molecular weight is 328 g/mol. The van der Waals surface area contributed by atoms with Crippen molar-refractivity contribution in [1.82, 2.24) is 9.97 Å². The highest BCUT2D eigenvalue weighted by atomic mass is 79.9. The second-order valence-electron chi connectivity index (χ2n) is 4.78. The third-order valence-electron chi connectivity index (χ3n) is 3.27. The lowest BCUT2D eigenvalue weighted by atomic mass is 9.99. The number of benzene rings is 1. The molecule has 3 rings (SSSR count). The van der Waals surface area contributed by atoms with Gasteiger partial charge in [-0.3, -0.25) is 9.97 Å². The maximum atomic E-state index is 6.30. The molecule has 1 atom stereocenters. The van der Waals surface area contributed by atoms with Crippen molar-refractivity contribution in [2.24, 2.45) is 5.73 Å². The molecule has 2 heterocycles. The molecule has 0 radical (unpaired) electrons. The van der Waals surface area contributed by atoms with Gasteiger partial charge in [0, 0.05) is 34.5 Å². The minimum absolute atomic E-state index is 0.0456. The number of hydrogen-bond acceptors (Lipinski definition) is 3. The molecule has 0 aliphatic carbocycles. The van der Waals surface area contributed by atoms with Crippen LogP contribution in [0, 0.1) is 0 Å². The van der Waals surface area contributed by atoms with Crippen LogP contribution in [0.25, 0.3) is 10.9 Å². The highest BCUT2D eigenvalue weighted by molar-refractivity contribution is 9.10. The first-order valence-electron chi connectivity index (χ1n) is 6.42. The van der Waals surface area contributed by atoms with Crippen molar-refractivity contribution in [3.05, 3.63) is 70.6 Å². The van der Waals surface area contributed by atoms with Gasteiger partial charge in [-0.15, -0.1) is 0 Å². The molecule has 0 spiro atoms. The third kappa shape index (κ3) is 2.86. The Morgan fingerprint density at radius 2 is 2.05 bits per heavy atom. The molecule has 100 valence electrons. The Morgan fingerprint density at radius 3 is 2.90 bits per heavy atom.